The summed E-state index contributed by atoms with van der Waals surface area (Å²) in [6.07, 6.45) is 0. The van der Waals surface area contributed by atoms with Crippen LogP contribution in [-0.4, -0.2) is 49.6 Å². The van der Waals surface area contributed by atoms with E-state index in [1.807, 2.05) is 0 Å². The molecule has 0 saturated carbocycles. The van der Waals surface area contributed by atoms with Gasteiger partial charge in [-0.05, 0) is 37.7 Å². The third-order valence-corrected chi connectivity index (χ3v) is 4.58. The monoisotopic (exact) mass is 299 g/mol. The molecule has 0 spiro atoms. The van der Waals surface area contributed by atoms with Gasteiger partial charge in [0, 0.05) is 36.7 Å². The van der Waals surface area contributed by atoms with Crippen LogP contribution in [0.2, 0.25) is 5.02 Å². The van der Waals surface area contributed by atoms with Crippen molar-refractivity contribution in [2.24, 2.45) is 11.7 Å². The van der Waals surface area contributed by atoms with E-state index >= 15 is 0 Å². The third-order valence-electron chi connectivity index (χ3n) is 4.25. The van der Waals surface area contributed by atoms with Gasteiger partial charge in [-0.2, -0.15) is 0 Å². The number of likely N-dealkylation sites (N-methyl/N-ethyl adjacent to an activating group) is 1. The fraction of sp³-hybridized carbons (Fsp3) is 0.600. The van der Waals surface area contributed by atoms with Gasteiger partial charge in [0.2, 0.25) is 0 Å². The Balaban J connectivity index is 2.21. The highest BCUT2D eigenvalue weighted by molar-refractivity contribution is 6.31. The van der Waals surface area contributed by atoms with Crippen LogP contribution in [0.5, 0.6) is 0 Å². The Labute approximate surface area is 125 Å². The summed E-state index contributed by atoms with van der Waals surface area (Å²) in [7, 11) is 4.21. The van der Waals surface area contributed by atoms with Crippen LogP contribution in [0.15, 0.2) is 18.2 Å². The van der Waals surface area contributed by atoms with Crippen molar-refractivity contribution >= 4 is 11.6 Å². The predicted octanol–water partition coefficient (Wildman–Crippen LogP) is 2.36. The molecule has 1 aliphatic rings. The molecule has 2 rings (SSSR count). The van der Waals surface area contributed by atoms with Crippen LogP contribution >= 0.6 is 11.6 Å². The number of benzene rings is 1. The van der Waals surface area contributed by atoms with Crippen molar-refractivity contribution in [2.45, 2.75) is 19.0 Å². The maximum Gasteiger partial charge on any atom is 0.124 e. The number of hydrogen-bond acceptors (Lipinski definition) is 3. The molecule has 3 unspecified atom stereocenters. The molecule has 1 aromatic rings. The third kappa shape index (κ3) is 3.14. The van der Waals surface area contributed by atoms with Crippen LogP contribution in [0.1, 0.15) is 18.5 Å². The van der Waals surface area contributed by atoms with E-state index in [-0.39, 0.29) is 11.9 Å². The lowest BCUT2D eigenvalue weighted by Crippen LogP contribution is -2.36. The minimum Gasteiger partial charge on any atom is -0.329 e. The van der Waals surface area contributed by atoms with Crippen molar-refractivity contribution in [3.63, 3.8) is 0 Å². The average molecular weight is 300 g/mol. The molecular formula is C15H23ClFN3. The predicted molar refractivity (Wildman–Crippen MR) is 81.4 cm³/mol. The van der Waals surface area contributed by atoms with Gasteiger partial charge in [-0.15, -0.1) is 0 Å². The van der Waals surface area contributed by atoms with Crippen LogP contribution in [0, 0.1) is 11.7 Å². The first-order valence-corrected chi connectivity index (χ1v) is 7.37. The highest BCUT2D eigenvalue weighted by atomic mass is 35.5. The molecule has 0 amide bonds. The van der Waals surface area contributed by atoms with E-state index in [1.165, 1.54) is 12.1 Å². The molecule has 2 N–H and O–H groups in total. The molecule has 112 valence electrons. The van der Waals surface area contributed by atoms with Crippen LogP contribution in [0.25, 0.3) is 0 Å². The molecule has 5 heteroatoms. The zero-order valence-corrected chi connectivity index (χ0v) is 13.1. The SMILES string of the molecule is CC1CN(C(CN)c2ccc(F)cc2Cl)CC1N(C)C. The van der Waals surface area contributed by atoms with Gasteiger partial charge in [-0.3, -0.25) is 4.90 Å². The Hall–Kier alpha value is -0.680. The molecule has 1 aliphatic heterocycles. The number of hydrogen-bond donors (Lipinski definition) is 1. The lowest BCUT2D eigenvalue weighted by atomic mass is 10.1. The van der Waals surface area contributed by atoms with Gasteiger partial charge in [0.05, 0.1) is 0 Å². The first kappa shape index (κ1) is 15.7. The van der Waals surface area contributed by atoms with E-state index < -0.39 is 0 Å². The van der Waals surface area contributed by atoms with E-state index in [9.17, 15) is 4.39 Å². The van der Waals surface area contributed by atoms with Crippen LogP contribution in [0.3, 0.4) is 0 Å². The number of likely N-dealkylation sites (tertiary alicyclic amines) is 1. The molecule has 3 nitrogen and oxygen atoms in total. The summed E-state index contributed by atoms with van der Waals surface area (Å²) in [5.74, 6) is 0.272. The summed E-state index contributed by atoms with van der Waals surface area (Å²) in [4.78, 5) is 4.61. The zero-order valence-electron chi connectivity index (χ0n) is 12.3. The maximum atomic E-state index is 13.2. The Morgan fingerprint density at radius 1 is 1.45 bits per heavy atom. The van der Waals surface area contributed by atoms with E-state index in [2.05, 4.69) is 30.8 Å². The largest absolute Gasteiger partial charge is 0.329 e. The normalized spacial score (nSPS) is 25.4. The first-order valence-electron chi connectivity index (χ1n) is 6.99. The van der Waals surface area contributed by atoms with Crippen LogP contribution < -0.4 is 5.73 Å². The molecule has 0 radical (unpaired) electrons. The lowest BCUT2D eigenvalue weighted by Gasteiger charge is -2.28. The van der Waals surface area contributed by atoms with Gasteiger partial charge >= 0.3 is 0 Å². The summed E-state index contributed by atoms with van der Waals surface area (Å²) in [5.41, 5.74) is 6.87. The number of nitrogens with zero attached hydrogens (tertiary/aromatic N) is 2. The molecule has 0 aromatic heterocycles. The molecule has 0 bridgehead atoms. The van der Waals surface area contributed by atoms with Crippen LogP contribution in [0.4, 0.5) is 4.39 Å². The van der Waals surface area contributed by atoms with Crippen molar-refractivity contribution in [2.75, 3.05) is 33.7 Å². The second-order valence-corrected chi connectivity index (χ2v) is 6.29. The topological polar surface area (TPSA) is 32.5 Å². The highest BCUT2D eigenvalue weighted by Gasteiger charge is 2.35. The van der Waals surface area contributed by atoms with Crippen molar-refractivity contribution in [1.82, 2.24) is 9.80 Å². The van der Waals surface area contributed by atoms with Gasteiger partial charge in [0.15, 0.2) is 0 Å². The molecule has 1 aromatic carbocycles. The van der Waals surface area contributed by atoms with Gasteiger partial charge in [-0.25, -0.2) is 4.39 Å². The van der Waals surface area contributed by atoms with Gasteiger partial charge in [0.25, 0.3) is 0 Å². The Morgan fingerprint density at radius 3 is 2.65 bits per heavy atom. The van der Waals surface area contributed by atoms with E-state index in [1.54, 1.807) is 6.07 Å². The average Bonchev–Trinajstić information content (AvgIpc) is 2.75. The number of rotatable bonds is 4. The zero-order chi connectivity index (χ0) is 14.9. The molecule has 1 fully saturated rings. The fourth-order valence-electron chi connectivity index (χ4n) is 3.16. The highest BCUT2D eigenvalue weighted by Crippen LogP contribution is 2.32. The van der Waals surface area contributed by atoms with E-state index in [4.69, 9.17) is 17.3 Å². The quantitative estimate of drug-likeness (QED) is 0.926. The maximum absolute atomic E-state index is 13.2. The van der Waals surface area contributed by atoms with E-state index in [0.29, 0.717) is 23.5 Å². The van der Waals surface area contributed by atoms with Crippen molar-refractivity contribution < 1.29 is 4.39 Å². The number of halogens is 2. The number of nitrogens with two attached hydrogens (primary N) is 1. The lowest BCUT2D eigenvalue weighted by molar-refractivity contribution is 0.219. The summed E-state index contributed by atoms with van der Waals surface area (Å²) in [6.45, 7) is 4.69. The molecule has 20 heavy (non-hydrogen) atoms. The summed E-state index contributed by atoms with van der Waals surface area (Å²) in [5, 5.41) is 0.460. The second-order valence-electron chi connectivity index (χ2n) is 5.88. The van der Waals surface area contributed by atoms with Gasteiger partial charge < -0.3 is 10.6 Å². The fourth-order valence-corrected chi connectivity index (χ4v) is 3.45. The Kier molecular flexibility index (Phi) is 5.02. The van der Waals surface area contributed by atoms with Crippen molar-refractivity contribution in [3.05, 3.63) is 34.6 Å². The second kappa shape index (κ2) is 6.39. The molecule has 3 atom stereocenters. The molecule has 1 heterocycles. The van der Waals surface area contributed by atoms with Crippen molar-refractivity contribution in [3.8, 4) is 0 Å². The Bertz CT molecular complexity index is 466. The van der Waals surface area contributed by atoms with Crippen molar-refractivity contribution in [1.29, 1.82) is 0 Å². The summed E-state index contributed by atoms with van der Waals surface area (Å²) in [6, 6.07) is 5.14. The minimum absolute atomic E-state index is 0.0514. The smallest absolute Gasteiger partial charge is 0.124 e. The molecule has 0 aliphatic carbocycles. The summed E-state index contributed by atoms with van der Waals surface area (Å²) >= 11 is 6.18. The standard InChI is InChI=1S/C15H23ClFN3/c1-10-8-20(9-15(10)19(2)3)14(7-18)12-5-4-11(17)6-13(12)16/h4-6,10,14-15H,7-9,18H2,1-3H3. The molecular weight excluding hydrogens is 277 g/mol. The van der Waals surface area contributed by atoms with Gasteiger partial charge in [-0.1, -0.05) is 24.6 Å². The molecule has 1 saturated heterocycles. The minimum atomic E-state index is -0.310. The van der Waals surface area contributed by atoms with Crippen LogP contribution in [-0.2, 0) is 0 Å². The van der Waals surface area contributed by atoms with Gasteiger partial charge in [0.1, 0.15) is 5.82 Å². The van der Waals surface area contributed by atoms with E-state index in [0.717, 1.165) is 18.7 Å². The Morgan fingerprint density at radius 2 is 2.15 bits per heavy atom. The first-order chi connectivity index (χ1) is 9.43. The summed E-state index contributed by atoms with van der Waals surface area (Å²) < 4.78 is 13.2.